The van der Waals surface area contributed by atoms with Crippen molar-refractivity contribution in [2.75, 3.05) is 0 Å². The monoisotopic (exact) mass is 141 g/mol. The number of hydrogen-bond acceptors (Lipinski definition) is 2. The van der Waals surface area contributed by atoms with Gasteiger partial charge in [-0.1, -0.05) is 11.6 Å². The quantitative estimate of drug-likeness (QED) is 0.411. The minimum Gasteiger partial charge on any atom is -0.434 e. The average Bonchev–Trinajstić information content (AvgIpc) is 1.27. The van der Waals surface area contributed by atoms with Crippen LogP contribution in [-0.2, 0) is 4.74 Å². The van der Waals surface area contributed by atoms with Crippen LogP contribution in [0.25, 0.3) is 0 Å². The largest absolute Gasteiger partial charge is 0.434 e. The lowest BCUT2D eigenvalue weighted by Gasteiger charge is -1.97. The van der Waals surface area contributed by atoms with Crippen molar-refractivity contribution in [2.45, 2.75) is 5.56 Å². The molecule has 0 fully saturated rings. The van der Waals surface area contributed by atoms with Gasteiger partial charge in [-0.25, -0.2) is 4.79 Å². The Labute approximate surface area is 51.4 Å². The molecule has 0 bridgehead atoms. The van der Waals surface area contributed by atoms with E-state index in [2.05, 4.69) is 23.3 Å². The lowest BCUT2D eigenvalue weighted by atomic mass is 10.9. The molecule has 0 spiro atoms. The molecule has 41 valence electrons. The van der Waals surface area contributed by atoms with Gasteiger partial charge in [0, 0.05) is 18.5 Å². The van der Waals surface area contributed by atoms with E-state index in [1.54, 1.807) is 0 Å². The molecule has 2 nitrogen and oxygen atoms in total. The Morgan fingerprint density at radius 3 is 2.29 bits per heavy atom. The van der Waals surface area contributed by atoms with Gasteiger partial charge in [0.15, 0.2) is 5.56 Å². The van der Waals surface area contributed by atoms with E-state index in [0.717, 1.165) is 0 Å². The molecule has 0 aromatic heterocycles. The summed E-state index contributed by atoms with van der Waals surface area (Å²) in [5, 5.41) is 0. The second-order valence-corrected chi connectivity index (χ2v) is 1.56. The first-order chi connectivity index (χ1) is 3.13. The molecule has 0 aliphatic rings. The lowest BCUT2D eigenvalue weighted by Crippen LogP contribution is -2.00. The topological polar surface area (TPSA) is 26.3 Å². The zero-order valence-corrected chi connectivity index (χ0v) is 4.87. The fourth-order valence-corrected chi connectivity index (χ4v) is 0.335. The molecule has 1 unspecified atom stereocenters. The normalized spacial score (nSPS) is 13.0. The van der Waals surface area contributed by atoms with Crippen LogP contribution in [0.2, 0.25) is 0 Å². The van der Waals surface area contributed by atoms with Crippen molar-refractivity contribution in [3.63, 3.8) is 0 Å². The zero-order valence-electron chi connectivity index (χ0n) is 3.36. The van der Waals surface area contributed by atoms with Gasteiger partial charge in [-0.3, -0.25) is 0 Å². The van der Waals surface area contributed by atoms with Crippen molar-refractivity contribution >= 4 is 28.6 Å². The van der Waals surface area contributed by atoms with E-state index in [9.17, 15) is 4.79 Å². The fourth-order valence-electron chi connectivity index (χ4n) is 0.101. The number of carbonyl (C=O) groups is 1. The second-order valence-electron chi connectivity index (χ2n) is 0.766. The van der Waals surface area contributed by atoms with Crippen molar-refractivity contribution in [1.82, 2.24) is 0 Å². The number of hydrogen-bond donors (Lipinski definition) is 0. The zero-order chi connectivity index (χ0) is 5.86. The maximum Gasteiger partial charge on any atom is 0.405 e. The number of halogens is 2. The van der Waals surface area contributed by atoms with Gasteiger partial charge in [-0.15, -0.1) is 0 Å². The summed E-state index contributed by atoms with van der Waals surface area (Å²) in [6.45, 7) is 3.12. The third-order valence-electron chi connectivity index (χ3n) is 0.221. The number of carbonyl (C=O) groups excluding carboxylic acids is 1. The summed E-state index contributed by atoms with van der Waals surface area (Å²) in [4.78, 5) is 9.67. The fraction of sp³-hybridized carbons (Fsp3) is 0.333. The molecular weight excluding hydrogens is 139 g/mol. The second kappa shape index (κ2) is 3.10. The van der Waals surface area contributed by atoms with Gasteiger partial charge >= 0.3 is 5.43 Å². The molecule has 0 aromatic rings. The molecule has 4 heteroatoms. The molecule has 7 heavy (non-hydrogen) atoms. The van der Waals surface area contributed by atoms with E-state index in [1.807, 2.05) is 0 Å². The van der Waals surface area contributed by atoms with Crippen molar-refractivity contribution in [3.8, 4) is 0 Å². The maximum atomic E-state index is 9.67. The highest BCUT2D eigenvalue weighted by molar-refractivity contribution is 6.61. The molecule has 0 N–H and O–H groups in total. The van der Waals surface area contributed by atoms with E-state index in [4.69, 9.17) is 11.6 Å². The molecule has 0 aliphatic carbocycles. The van der Waals surface area contributed by atoms with Crippen LogP contribution in [0, 0.1) is 6.92 Å². The van der Waals surface area contributed by atoms with Gasteiger partial charge in [-0.2, -0.15) is 0 Å². The first kappa shape index (κ1) is 7.05. The molecule has 0 heterocycles. The summed E-state index contributed by atoms with van der Waals surface area (Å²) < 4.78 is 4.03. The SMILES string of the molecule is [CH2]C(Cl)OC(=O)Cl. The first-order valence-electron chi connectivity index (χ1n) is 1.46. The van der Waals surface area contributed by atoms with Crippen molar-refractivity contribution in [1.29, 1.82) is 0 Å². The molecule has 0 aliphatic heterocycles. The third-order valence-corrected chi connectivity index (χ3v) is 0.399. The molecule has 1 radical (unpaired) electrons. The van der Waals surface area contributed by atoms with Gasteiger partial charge in [0.2, 0.25) is 0 Å². The average molecular weight is 142 g/mol. The van der Waals surface area contributed by atoms with Crippen molar-refractivity contribution in [3.05, 3.63) is 6.92 Å². The minimum absolute atomic E-state index is 0.884. The van der Waals surface area contributed by atoms with Gasteiger partial charge in [0.1, 0.15) is 0 Å². The highest BCUT2D eigenvalue weighted by atomic mass is 35.5. The van der Waals surface area contributed by atoms with Crippen LogP contribution < -0.4 is 0 Å². The summed E-state index contributed by atoms with van der Waals surface area (Å²) >= 11 is 9.72. The summed E-state index contributed by atoms with van der Waals surface area (Å²) in [7, 11) is 0. The molecular formula is C3H3Cl2O2. The summed E-state index contributed by atoms with van der Waals surface area (Å²) in [6.07, 6.45) is 0. The van der Waals surface area contributed by atoms with Crippen molar-refractivity contribution < 1.29 is 9.53 Å². The Morgan fingerprint density at radius 2 is 2.29 bits per heavy atom. The van der Waals surface area contributed by atoms with Gasteiger partial charge in [-0.05, 0) is 0 Å². The lowest BCUT2D eigenvalue weighted by molar-refractivity contribution is 0.174. The summed E-state index contributed by atoms with van der Waals surface area (Å²) in [5.74, 6) is 0. The maximum absolute atomic E-state index is 9.67. The molecule has 0 aromatic carbocycles. The Hall–Kier alpha value is 0.0500. The van der Waals surface area contributed by atoms with Crippen LogP contribution in [0.4, 0.5) is 4.79 Å². The van der Waals surface area contributed by atoms with Gasteiger partial charge in [0.05, 0.1) is 0 Å². The van der Waals surface area contributed by atoms with Crippen LogP contribution in [0.5, 0.6) is 0 Å². The van der Waals surface area contributed by atoms with Gasteiger partial charge in [0.25, 0.3) is 0 Å². The Kier molecular flexibility index (Phi) is 3.13. The Morgan fingerprint density at radius 1 is 1.86 bits per heavy atom. The molecule has 0 saturated heterocycles. The van der Waals surface area contributed by atoms with Gasteiger partial charge < -0.3 is 4.74 Å². The molecule has 1 atom stereocenters. The predicted molar refractivity (Wildman–Crippen MR) is 27.3 cm³/mol. The molecule has 0 amide bonds. The van der Waals surface area contributed by atoms with E-state index < -0.39 is 11.0 Å². The van der Waals surface area contributed by atoms with E-state index in [1.165, 1.54) is 0 Å². The van der Waals surface area contributed by atoms with Crippen LogP contribution >= 0.6 is 23.2 Å². The molecule has 0 rings (SSSR count). The summed E-state index contributed by atoms with van der Waals surface area (Å²) in [6, 6.07) is 0. The Balaban J connectivity index is 3.13. The summed E-state index contributed by atoms with van der Waals surface area (Å²) in [5.41, 5.74) is -1.82. The van der Waals surface area contributed by atoms with Crippen LogP contribution in [0.3, 0.4) is 0 Å². The number of ether oxygens (including phenoxy) is 1. The van der Waals surface area contributed by atoms with E-state index in [0.29, 0.717) is 0 Å². The Bertz CT molecular complexity index is 71.3. The number of rotatable bonds is 1. The number of alkyl halides is 1. The standard InChI is InChI=1S/C3H3Cl2O2/c1-2(4)7-3(5)6/h2H,1H2. The van der Waals surface area contributed by atoms with Crippen LogP contribution in [-0.4, -0.2) is 11.0 Å². The highest BCUT2D eigenvalue weighted by Gasteiger charge is 1.98. The first-order valence-corrected chi connectivity index (χ1v) is 2.27. The van der Waals surface area contributed by atoms with Crippen LogP contribution in [0.1, 0.15) is 0 Å². The minimum atomic E-state index is -0.935. The molecule has 0 saturated carbocycles. The van der Waals surface area contributed by atoms with E-state index >= 15 is 0 Å². The van der Waals surface area contributed by atoms with E-state index in [-0.39, 0.29) is 0 Å². The smallest absolute Gasteiger partial charge is 0.405 e. The highest BCUT2D eigenvalue weighted by Crippen LogP contribution is 1.97. The van der Waals surface area contributed by atoms with Crippen LogP contribution in [0.15, 0.2) is 0 Å². The third kappa shape index (κ3) is 6.05. The van der Waals surface area contributed by atoms with Crippen molar-refractivity contribution in [2.24, 2.45) is 0 Å². The predicted octanol–water partition coefficient (Wildman–Crippen LogP) is 1.76.